The molecule has 4 rings (SSSR count). The number of amides is 3. The number of aryl methyl sites for hydroxylation is 2. The Morgan fingerprint density at radius 2 is 1.61 bits per heavy atom. The smallest absolute Gasteiger partial charge is 0.266 e. The Labute approximate surface area is 181 Å². The molecule has 1 atom stereocenters. The lowest BCUT2D eigenvalue weighted by molar-refractivity contribution is 0.0923. The second-order valence-corrected chi connectivity index (χ2v) is 8.02. The number of nitrogens with zero attached hydrogens (tertiary/aromatic N) is 1. The van der Waals surface area contributed by atoms with Gasteiger partial charge in [-0.2, -0.15) is 0 Å². The van der Waals surface area contributed by atoms with Crippen LogP contribution in [0.15, 0.2) is 66.7 Å². The minimum Gasteiger partial charge on any atom is -0.351 e. The molecule has 3 aromatic carbocycles. The normalized spacial score (nSPS) is 13.8. The van der Waals surface area contributed by atoms with Crippen molar-refractivity contribution < 1.29 is 14.4 Å². The SMILES string of the molecule is Cc1ccc(C)c(N2C(=O)c3ccc(C(=O)NC[C@H](C)c4ccccc4)cc3C2=O)c1. The van der Waals surface area contributed by atoms with Crippen LogP contribution in [0, 0.1) is 13.8 Å². The van der Waals surface area contributed by atoms with Gasteiger partial charge in [0, 0.05) is 12.1 Å². The van der Waals surface area contributed by atoms with Crippen LogP contribution in [0.2, 0.25) is 0 Å². The number of hydrogen-bond donors (Lipinski definition) is 1. The number of carbonyl (C=O) groups is 3. The maximum absolute atomic E-state index is 13.1. The third-order valence-corrected chi connectivity index (χ3v) is 5.69. The Morgan fingerprint density at radius 1 is 0.903 bits per heavy atom. The summed E-state index contributed by atoms with van der Waals surface area (Å²) in [4.78, 5) is 39.9. The van der Waals surface area contributed by atoms with E-state index in [0.29, 0.717) is 23.4 Å². The van der Waals surface area contributed by atoms with E-state index in [-0.39, 0.29) is 23.3 Å². The van der Waals surface area contributed by atoms with Crippen molar-refractivity contribution in [3.63, 3.8) is 0 Å². The Morgan fingerprint density at radius 3 is 2.35 bits per heavy atom. The molecule has 3 amide bonds. The maximum atomic E-state index is 13.1. The fraction of sp³-hybridized carbons (Fsp3) is 0.192. The topological polar surface area (TPSA) is 66.5 Å². The molecule has 0 radical (unpaired) electrons. The molecule has 5 heteroatoms. The van der Waals surface area contributed by atoms with Crippen molar-refractivity contribution in [2.24, 2.45) is 0 Å². The summed E-state index contributed by atoms with van der Waals surface area (Å²) in [6.45, 7) is 6.30. The fourth-order valence-electron chi connectivity index (χ4n) is 3.81. The first kappa shape index (κ1) is 20.5. The van der Waals surface area contributed by atoms with Crippen molar-refractivity contribution in [3.05, 3.63) is 100 Å². The zero-order chi connectivity index (χ0) is 22.1. The van der Waals surface area contributed by atoms with Crippen molar-refractivity contribution >= 4 is 23.4 Å². The van der Waals surface area contributed by atoms with E-state index in [0.717, 1.165) is 16.7 Å². The van der Waals surface area contributed by atoms with Gasteiger partial charge in [-0.15, -0.1) is 0 Å². The summed E-state index contributed by atoms with van der Waals surface area (Å²) in [6, 6.07) is 20.3. The number of rotatable bonds is 5. The highest BCUT2D eigenvalue weighted by atomic mass is 16.2. The van der Waals surface area contributed by atoms with Crippen LogP contribution in [-0.2, 0) is 0 Å². The fourth-order valence-corrected chi connectivity index (χ4v) is 3.81. The average Bonchev–Trinajstić information content (AvgIpc) is 3.03. The van der Waals surface area contributed by atoms with Gasteiger partial charge in [0.05, 0.1) is 16.8 Å². The summed E-state index contributed by atoms with van der Waals surface area (Å²) in [5.41, 5.74) is 4.46. The van der Waals surface area contributed by atoms with Crippen molar-refractivity contribution in [1.29, 1.82) is 0 Å². The Hall–Kier alpha value is -3.73. The first-order valence-corrected chi connectivity index (χ1v) is 10.3. The molecule has 1 heterocycles. The average molecular weight is 412 g/mol. The molecule has 0 bridgehead atoms. The van der Waals surface area contributed by atoms with E-state index in [1.165, 1.54) is 11.0 Å². The van der Waals surface area contributed by atoms with E-state index in [1.807, 2.05) is 69.3 Å². The molecule has 1 N–H and O–H groups in total. The molecule has 0 fully saturated rings. The van der Waals surface area contributed by atoms with Crippen LogP contribution in [0.4, 0.5) is 5.69 Å². The molecular formula is C26H24N2O3. The summed E-state index contributed by atoms with van der Waals surface area (Å²) in [5, 5.41) is 2.93. The largest absolute Gasteiger partial charge is 0.351 e. The van der Waals surface area contributed by atoms with Crippen LogP contribution in [0.1, 0.15) is 60.6 Å². The molecule has 0 aliphatic carbocycles. The van der Waals surface area contributed by atoms with E-state index >= 15 is 0 Å². The molecule has 1 aliphatic heterocycles. The van der Waals surface area contributed by atoms with Crippen LogP contribution in [-0.4, -0.2) is 24.3 Å². The number of carbonyl (C=O) groups excluding carboxylic acids is 3. The number of hydrogen-bond acceptors (Lipinski definition) is 3. The summed E-state index contributed by atoms with van der Waals surface area (Å²) in [5.74, 6) is -0.877. The first-order valence-electron chi connectivity index (χ1n) is 10.3. The van der Waals surface area contributed by atoms with E-state index in [9.17, 15) is 14.4 Å². The summed E-state index contributed by atoms with van der Waals surface area (Å²) in [7, 11) is 0. The van der Waals surface area contributed by atoms with E-state index in [1.54, 1.807) is 12.1 Å². The maximum Gasteiger partial charge on any atom is 0.266 e. The van der Waals surface area contributed by atoms with Gasteiger partial charge in [0.2, 0.25) is 0 Å². The standard InChI is InChI=1S/C26H24N2O3/c1-16-9-10-17(2)23(13-16)28-25(30)21-12-11-20(14-22(21)26(28)31)24(29)27-15-18(3)19-7-5-4-6-8-19/h4-14,18H,15H2,1-3H3,(H,27,29)/t18-/m0/s1. The van der Waals surface area contributed by atoms with Crippen LogP contribution >= 0.6 is 0 Å². The van der Waals surface area contributed by atoms with Gasteiger partial charge in [-0.1, -0.05) is 49.4 Å². The molecule has 3 aromatic rings. The summed E-state index contributed by atoms with van der Waals surface area (Å²) >= 11 is 0. The molecule has 0 saturated carbocycles. The molecule has 156 valence electrons. The molecule has 0 spiro atoms. The highest BCUT2D eigenvalue weighted by Gasteiger charge is 2.37. The number of anilines is 1. The lowest BCUT2D eigenvalue weighted by Gasteiger charge is -2.17. The summed E-state index contributed by atoms with van der Waals surface area (Å²) < 4.78 is 0. The highest BCUT2D eigenvalue weighted by molar-refractivity contribution is 6.35. The van der Waals surface area contributed by atoms with Crippen molar-refractivity contribution in [3.8, 4) is 0 Å². The molecular weight excluding hydrogens is 388 g/mol. The van der Waals surface area contributed by atoms with Gasteiger partial charge >= 0.3 is 0 Å². The van der Waals surface area contributed by atoms with Gasteiger partial charge < -0.3 is 5.32 Å². The van der Waals surface area contributed by atoms with Gasteiger partial charge in [-0.25, -0.2) is 4.90 Å². The number of benzene rings is 3. The minimum atomic E-state index is -0.402. The Bertz CT molecular complexity index is 1180. The van der Waals surface area contributed by atoms with Gasteiger partial charge in [0.15, 0.2) is 0 Å². The lowest BCUT2D eigenvalue weighted by Crippen LogP contribution is -2.30. The number of nitrogens with one attached hydrogen (secondary N) is 1. The van der Waals surface area contributed by atoms with Crippen LogP contribution in [0.3, 0.4) is 0 Å². The lowest BCUT2D eigenvalue weighted by atomic mass is 10.0. The molecule has 0 unspecified atom stereocenters. The van der Waals surface area contributed by atoms with Gasteiger partial charge in [0.25, 0.3) is 17.7 Å². The van der Waals surface area contributed by atoms with Crippen molar-refractivity contribution in [2.75, 3.05) is 11.4 Å². The quantitative estimate of drug-likeness (QED) is 0.621. The number of imide groups is 1. The van der Waals surface area contributed by atoms with Gasteiger partial charge in [-0.3, -0.25) is 14.4 Å². The molecule has 1 aliphatic rings. The second kappa shape index (κ2) is 8.19. The third-order valence-electron chi connectivity index (χ3n) is 5.69. The predicted molar refractivity (Wildman–Crippen MR) is 121 cm³/mol. The Kier molecular flexibility index (Phi) is 5.42. The zero-order valence-electron chi connectivity index (χ0n) is 17.8. The Balaban J connectivity index is 1.54. The zero-order valence-corrected chi connectivity index (χ0v) is 17.8. The predicted octanol–water partition coefficient (Wildman–Crippen LogP) is 4.64. The van der Waals surface area contributed by atoms with Crippen molar-refractivity contribution in [1.82, 2.24) is 5.32 Å². The molecule has 0 aromatic heterocycles. The minimum absolute atomic E-state index is 0.155. The third kappa shape index (κ3) is 3.87. The molecule has 0 saturated heterocycles. The van der Waals surface area contributed by atoms with Gasteiger partial charge in [0.1, 0.15) is 0 Å². The second-order valence-electron chi connectivity index (χ2n) is 8.02. The highest BCUT2D eigenvalue weighted by Crippen LogP contribution is 2.31. The molecule has 31 heavy (non-hydrogen) atoms. The van der Waals surface area contributed by atoms with E-state index in [4.69, 9.17) is 0 Å². The van der Waals surface area contributed by atoms with Crippen LogP contribution in [0.5, 0.6) is 0 Å². The van der Waals surface area contributed by atoms with Gasteiger partial charge in [-0.05, 0) is 60.7 Å². The van der Waals surface area contributed by atoms with Crippen molar-refractivity contribution in [2.45, 2.75) is 26.7 Å². The van der Waals surface area contributed by atoms with Crippen LogP contribution in [0.25, 0.3) is 0 Å². The summed E-state index contributed by atoms with van der Waals surface area (Å²) in [6.07, 6.45) is 0. The van der Waals surface area contributed by atoms with E-state index < -0.39 is 5.91 Å². The first-order chi connectivity index (χ1) is 14.9. The monoisotopic (exact) mass is 412 g/mol. The van der Waals surface area contributed by atoms with Crippen LogP contribution < -0.4 is 10.2 Å². The van der Waals surface area contributed by atoms with E-state index in [2.05, 4.69) is 5.32 Å². The molecule has 5 nitrogen and oxygen atoms in total. The number of fused-ring (bicyclic) bond motifs is 1.